The normalized spacial score (nSPS) is 16.8. The van der Waals surface area contributed by atoms with Gasteiger partial charge in [0.15, 0.2) is 0 Å². The molecule has 1 saturated carbocycles. The highest BCUT2D eigenvalue weighted by atomic mass is 35.5. The van der Waals surface area contributed by atoms with Crippen LogP contribution in [0.1, 0.15) is 30.7 Å². The summed E-state index contributed by atoms with van der Waals surface area (Å²) >= 11 is 7.25. The Morgan fingerprint density at radius 1 is 1.59 bits per heavy atom. The molecule has 1 aliphatic carbocycles. The number of rotatable bonds is 5. The van der Waals surface area contributed by atoms with Gasteiger partial charge in [0.1, 0.15) is 9.34 Å². The number of halogens is 1. The van der Waals surface area contributed by atoms with E-state index in [2.05, 4.69) is 4.98 Å². The number of hydrogen-bond acceptors (Lipinski definition) is 4. The first-order valence-electron chi connectivity index (χ1n) is 5.71. The number of carbonyl (C=O) groups is 1. The van der Waals surface area contributed by atoms with E-state index >= 15 is 0 Å². The molecule has 0 aromatic carbocycles. The van der Waals surface area contributed by atoms with Crippen LogP contribution in [-0.4, -0.2) is 33.5 Å². The van der Waals surface area contributed by atoms with Gasteiger partial charge in [-0.3, -0.25) is 9.69 Å². The number of nitrogens with zero attached hydrogens (tertiary/aromatic N) is 2. The lowest BCUT2D eigenvalue weighted by Crippen LogP contribution is -2.36. The molecule has 0 amide bonds. The second-order valence-electron chi connectivity index (χ2n) is 4.30. The maximum Gasteiger partial charge on any atom is 0.317 e. The molecular weight excluding hydrogens is 260 g/mol. The number of aromatic nitrogens is 1. The van der Waals surface area contributed by atoms with Crippen LogP contribution in [0.4, 0.5) is 0 Å². The Morgan fingerprint density at radius 2 is 2.29 bits per heavy atom. The zero-order valence-corrected chi connectivity index (χ0v) is 11.0. The van der Waals surface area contributed by atoms with Crippen molar-refractivity contribution in [3.05, 3.63) is 15.5 Å². The molecule has 1 aliphatic rings. The molecule has 0 aliphatic heterocycles. The Kier molecular flexibility index (Phi) is 4.36. The summed E-state index contributed by atoms with van der Waals surface area (Å²) in [5.74, 6) is -0.778. The van der Waals surface area contributed by atoms with Gasteiger partial charge in [0.2, 0.25) is 0 Å². The number of thiazole rings is 1. The monoisotopic (exact) mass is 274 g/mol. The molecule has 1 aromatic rings. The minimum Gasteiger partial charge on any atom is -0.480 e. The molecule has 0 saturated heterocycles. The Balaban J connectivity index is 2.01. The van der Waals surface area contributed by atoms with Crippen molar-refractivity contribution in [2.24, 2.45) is 0 Å². The zero-order valence-electron chi connectivity index (χ0n) is 9.43. The van der Waals surface area contributed by atoms with E-state index in [4.69, 9.17) is 16.7 Å². The molecule has 1 fully saturated rings. The van der Waals surface area contributed by atoms with Crippen molar-refractivity contribution >= 4 is 28.9 Å². The van der Waals surface area contributed by atoms with Gasteiger partial charge in [-0.05, 0) is 12.8 Å². The van der Waals surface area contributed by atoms with Crippen LogP contribution in [0.3, 0.4) is 0 Å². The summed E-state index contributed by atoms with van der Waals surface area (Å²) in [6.45, 7) is 0.677. The molecule has 0 radical (unpaired) electrons. The van der Waals surface area contributed by atoms with Crippen molar-refractivity contribution in [1.82, 2.24) is 9.88 Å². The van der Waals surface area contributed by atoms with E-state index in [0.29, 0.717) is 16.9 Å². The number of hydrogen-bond donors (Lipinski definition) is 1. The molecule has 0 bridgehead atoms. The molecule has 0 unspecified atom stereocenters. The molecule has 0 spiro atoms. The van der Waals surface area contributed by atoms with E-state index in [1.165, 1.54) is 24.2 Å². The minimum atomic E-state index is -0.778. The van der Waals surface area contributed by atoms with Crippen molar-refractivity contribution in [2.45, 2.75) is 38.3 Å². The first-order chi connectivity index (χ1) is 8.15. The molecule has 1 aromatic heterocycles. The predicted molar refractivity (Wildman–Crippen MR) is 67.4 cm³/mol. The average molecular weight is 275 g/mol. The fourth-order valence-electron chi connectivity index (χ4n) is 2.29. The van der Waals surface area contributed by atoms with E-state index < -0.39 is 5.97 Å². The molecule has 1 N–H and O–H groups in total. The molecule has 6 heteroatoms. The molecule has 2 rings (SSSR count). The van der Waals surface area contributed by atoms with Gasteiger partial charge in [0.05, 0.1) is 19.3 Å². The van der Waals surface area contributed by atoms with Crippen LogP contribution >= 0.6 is 22.9 Å². The van der Waals surface area contributed by atoms with E-state index in [9.17, 15) is 4.79 Å². The first-order valence-corrected chi connectivity index (χ1v) is 6.90. The fourth-order valence-corrected chi connectivity index (χ4v) is 3.27. The van der Waals surface area contributed by atoms with Crippen LogP contribution in [0.5, 0.6) is 0 Å². The summed E-state index contributed by atoms with van der Waals surface area (Å²) in [5, 5.41) is 9.83. The lowest BCUT2D eigenvalue weighted by molar-refractivity contribution is -0.139. The highest BCUT2D eigenvalue weighted by Crippen LogP contribution is 2.26. The van der Waals surface area contributed by atoms with E-state index in [1.54, 1.807) is 6.20 Å². The SMILES string of the molecule is O=C(O)CN(Cc1ncc(Cl)s1)C1CCCC1. The van der Waals surface area contributed by atoms with Crippen LogP contribution < -0.4 is 0 Å². The summed E-state index contributed by atoms with van der Waals surface area (Å²) in [4.78, 5) is 17.1. The summed E-state index contributed by atoms with van der Waals surface area (Å²) in [5.41, 5.74) is 0. The minimum absolute atomic E-state index is 0.0852. The summed E-state index contributed by atoms with van der Waals surface area (Å²) in [6, 6.07) is 0.383. The van der Waals surface area contributed by atoms with Crippen molar-refractivity contribution in [3.63, 3.8) is 0 Å². The second kappa shape index (κ2) is 5.80. The number of aliphatic carboxylic acids is 1. The van der Waals surface area contributed by atoms with Crippen LogP contribution in [0.25, 0.3) is 0 Å². The average Bonchev–Trinajstić information content (AvgIpc) is 2.87. The topological polar surface area (TPSA) is 53.4 Å². The van der Waals surface area contributed by atoms with Gasteiger partial charge in [0.25, 0.3) is 0 Å². The lowest BCUT2D eigenvalue weighted by Gasteiger charge is -2.25. The molecule has 4 nitrogen and oxygen atoms in total. The van der Waals surface area contributed by atoms with Gasteiger partial charge in [-0.2, -0.15) is 0 Å². The molecule has 17 heavy (non-hydrogen) atoms. The summed E-state index contributed by atoms with van der Waals surface area (Å²) in [7, 11) is 0. The number of carboxylic acids is 1. The third-order valence-corrected chi connectivity index (χ3v) is 4.14. The summed E-state index contributed by atoms with van der Waals surface area (Å²) < 4.78 is 0.654. The largest absolute Gasteiger partial charge is 0.480 e. The first kappa shape index (κ1) is 12.8. The lowest BCUT2D eigenvalue weighted by atomic mass is 10.2. The third-order valence-electron chi connectivity index (χ3n) is 3.04. The van der Waals surface area contributed by atoms with Crippen molar-refractivity contribution in [1.29, 1.82) is 0 Å². The van der Waals surface area contributed by atoms with Crippen molar-refractivity contribution in [2.75, 3.05) is 6.54 Å². The van der Waals surface area contributed by atoms with Crippen LogP contribution in [0.2, 0.25) is 4.34 Å². The molecule has 1 heterocycles. The fraction of sp³-hybridized carbons (Fsp3) is 0.636. The standard InChI is InChI=1S/C11H15ClN2O2S/c12-9-5-13-10(17-9)6-14(7-11(15)16)8-3-1-2-4-8/h5,8H,1-4,6-7H2,(H,15,16). The Labute approximate surface area is 109 Å². The van der Waals surface area contributed by atoms with Gasteiger partial charge in [0, 0.05) is 6.04 Å². The number of carboxylic acid groups (broad SMARTS) is 1. The highest BCUT2D eigenvalue weighted by molar-refractivity contribution is 7.15. The van der Waals surface area contributed by atoms with Gasteiger partial charge in [-0.1, -0.05) is 24.4 Å². The van der Waals surface area contributed by atoms with E-state index in [0.717, 1.165) is 17.8 Å². The van der Waals surface area contributed by atoms with Crippen molar-refractivity contribution < 1.29 is 9.90 Å². The zero-order chi connectivity index (χ0) is 12.3. The van der Waals surface area contributed by atoms with Gasteiger partial charge < -0.3 is 5.11 Å². The van der Waals surface area contributed by atoms with E-state index in [1.807, 2.05) is 4.90 Å². The smallest absolute Gasteiger partial charge is 0.317 e. The van der Waals surface area contributed by atoms with Gasteiger partial charge in [-0.25, -0.2) is 4.98 Å². The molecule has 94 valence electrons. The van der Waals surface area contributed by atoms with Gasteiger partial charge in [-0.15, -0.1) is 11.3 Å². The van der Waals surface area contributed by atoms with E-state index in [-0.39, 0.29) is 6.54 Å². The second-order valence-corrected chi connectivity index (χ2v) is 6.04. The molecular formula is C11H15ClN2O2S. The van der Waals surface area contributed by atoms with Crippen molar-refractivity contribution in [3.8, 4) is 0 Å². The Bertz CT molecular complexity index is 391. The van der Waals surface area contributed by atoms with Gasteiger partial charge >= 0.3 is 5.97 Å². The van der Waals surface area contributed by atoms with Crippen LogP contribution in [0.15, 0.2) is 6.20 Å². The highest BCUT2D eigenvalue weighted by Gasteiger charge is 2.25. The maximum atomic E-state index is 10.9. The Hall–Kier alpha value is -0.650. The molecule has 0 atom stereocenters. The predicted octanol–water partition coefficient (Wildman–Crippen LogP) is 2.63. The maximum absolute atomic E-state index is 10.9. The third kappa shape index (κ3) is 3.66. The van der Waals surface area contributed by atoms with Crippen LogP contribution in [0, 0.1) is 0 Å². The Morgan fingerprint density at radius 3 is 2.82 bits per heavy atom. The van der Waals surface area contributed by atoms with Crippen LogP contribution in [-0.2, 0) is 11.3 Å². The summed E-state index contributed by atoms with van der Waals surface area (Å²) in [6.07, 6.45) is 6.19. The quantitative estimate of drug-likeness (QED) is 0.897.